The molecule has 24 heavy (non-hydrogen) atoms. The van der Waals surface area contributed by atoms with Crippen molar-refractivity contribution in [2.24, 2.45) is 0 Å². The van der Waals surface area contributed by atoms with Gasteiger partial charge in [0, 0.05) is 0 Å². The van der Waals surface area contributed by atoms with Crippen LogP contribution in [-0.2, 0) is 6.42 Å². The largest absolute Gasteiger partial charge is 0.0654 e. The van der Waals surface area contributed by atoms with E-state index in [-0.39, 0.29) is 0 Å². The number of rotatable bonds is 5. The van der Waals surface area contributed by atoms with E-state index in [9.17, 15) is 0 Å². The van der Waals surface area contributed by atoms with Crippen molar-refractivity contribution >= 4 is 32.3 Å². The summed E-state index contributed by atoms with van der Waals surface area (Å²) >= 11 is 0. The maximum atomic E-state index is 2.43. The zero-order chi connectivity index (χ0) is 16.4. The Bertz CT molecular complexity index is 959. The van der Waals surface area contributed by atoms with Gasteiger partial charge in [0.15, 0.2) is 0 Å². The van der Waals surface area contributed by atoms with Crippen molar-refractivity contribution in [1.82, 2.24) is 0 Å². The molecule has 0 heterocycles. The molecule has 0 unspecified atom stereocenters. The lowest BCUT2D eigenvalue weighted by atomic mass is 9.92. The molecule has 0 radical (unpaired) electrons. The van der Waals surface area contributed by atoms with Crippen LogP contribution < -0.4 is 0 Å². The fourth-order valence-electron chi connectivity index (χ4n) is 3.87. The number of fused-ring (bicyclic) bond motifs is 6. The van der Waals surface area contributed by atoms with Crippen LogP contribution in [0.3, 0.4) is 0 Å². The average molecular weight is 312 g/mol. The summed E-state index contributed by atoms with van der Waals surface area (Å²) in [5, 5.41) is 8.24. The second-order valence-electron chi connectivity index (χ2n) is 6.78. The number of unbranched alkanes of at least 4 members (excludes halogenated alkanes) is 3. The van der Waals surface area contributed by atoms with Gasteiger partial charge in [0.1, 0.15) is 0 Å². The Labute approximate surface area is 144 Å². The van der Waals surface area contributed by atoms with Crippen LogP contribution in [0.5, 0.6) is 0 Å². The maximum absolute atomic E-state index is 2.43. The number of benzene rings is 4. The molecule has 0 amide bonds. The molecule has 0 bridgehead atoms. The van der Waals surface area contributed by atoms with Crippen LogP contribution >= 0.6 is 0 Å². The maximum Gasteiger partial charge on any atom is -0.00962 e. The Morgan fingerprint density at radius 2 is 1.08 bits per heavy atom. The van der Waals surface area contributed by atoms with E-state index in [1.54, 1.807) is 0 Å². The summed E-state index contributed by atoms with van der Waals surface area (Å²) in [6.45, 7) is 2.27. The highest BCUT2D eigenvalue weighted by atomic mass is 14.1. The van der Waals surface area contributed by atoms with Gasteiger partial charge in [-0.2, -0.15) is 0 Å². The molecular formula is C24H24. The topological polar surface area (TPSA) is 0 Å². The minimum Gasteiger partial charge on any atom is -0.0654 e. The van der Waals surface area contributed by atoms with Gasteiger partial charge in [0.2, 0.25) is 0 Å². The quantitative estimate of drug-likeness (QED) is 0.268. The fourth-order valence-corrected chi connectivity index (χ4v) is 3.87. The number of hydrogen-bond acceptors (Lipinski definition) is 0. The Morgan fingerprint density at radius 3 is 1.67 bits per heavy atom. The van der Waals surface area contributed by atoms with Crippen LogP contribution in [-0.4, -0.2) is 0 Å². The zero-order valence-electron chi connectivity index (χ0n) is 14.4. The first kappa shape index (κ1) is 15.2. The molecule has 0 aliphatic rings. The van der Waals surface area contributed by atoms with Gasteiger partial charge in [-0.15, -0.1) is 0 Å². The smallest absolute Gasteiger partial charge is 0.00962 e. The molecule has 0 N–H and O–H groups in total. The van der Waals surface area contributed by atoms with Crippen molar-refractivity contribution in [3.63, 3.8) is 0 Å². The Kier molecular flexibility index (Phi) is 4.21. The Morgan fingerprint density at radius 1 is 0.542 bits per heavy atom. The molecule has 0 nitrogen and oxygen atoms in total. The molecule has 0 saturated carbocycles. The SMILES string of the molecule is CCCCCCc1ccc2c3ccccc3c3ccccc3c2c1. The highest BCUT2D eigenvalue weighted by molar-refractivity contribution is 6.25. The van der Waals surface area contributed by atoms with Crippen molar-refractivity contribution in [2.45, 2.75) is 39.0 Å². The van der Waals surface area contributed by atoms with Crippen LogP contribution in [0.4, 0.5) is 0 Å². The second kappa shape index (κ2) is 6.65. The highest BCUT2D eigenvalue weighted by Crippen LogP contribution is 2.35. The van der Waals surface area contributed by atoms with Gasteiger partial charge in [-0.3, -0.25) is 0 Å². The van der Waals surface area contributed by atoms with Crippen LogP contribution in [0.1, 0.15) is 38.2 Å². The van der Waals surface area contributed by atoms with Gasteiger partial charge >= 0.3 is 0 Å². The molecular weight excluding hydrogens is 288 g/mol. The molecule has 0 aliphatic heterocycles. The molecule has 0 spiro atoms. The Hall–Kier alpha value is -2.34. The van der Waals surface area contributed by atoms with Crippen LogP contribution in [0, 0.1) is 0 Å². The van der Waals surface area contributed by atoms with E-state index in [1.165, 1.54) is 70.0 Å². The van der Waals surface area contributed by atoms with Gasteiger partial charge in [-0.05, 0) is 50.7 Å². The normalized spacial score (nSPS) is 11.5. The van der Waals surface area contributed by atoms with Crippen LogP contribution in [0.15, 0.2) is 66.7 Å². The molecule has 0 aliphatic carbocycles. The third-order valence-corrected chi connectivity index (χ3v) is 5.13. The Balaban J connectivity index is 1.89. The summed E-state index contributed by atoms with van der Waals surface area (Å²) < 4.78 is 0. The standard InChI is InChI=1S/C24H24/c1-2-3-4-5-10-18-15-16-23-21-13-7-6-11-19(21)20-12-8-9-14-22(20)24(23)17-18/h6-9,11-17H,2-5,10H2,1H3. The third kappa shape index (κ3) is 2.67. The minimum atomic E-state index is 1.19. The number of aryl methyl sites for hydroxylation is 1. The molecule has 4 aromatic carbocycles. The molecule has 0 atom stereocenters. The molecule has 0 saturated heterocycles. The third-order valence-electron chi connectivity index (χ3n) is 5.13. The predicted molar refractivity (Wildman–Crippen MR) is 107 cm³/mol. The van der Waals surface area contributed by atoms with Crippen molar-refractivity contribution in [2.75, 3.05) is 0 Å². The van der Waals surface area contributed by atoms with E-state index in [0.29, 0.717) is 0 Å². The lowest BCUT2D eigenvalue weighted by Crippen LogP contribution is -1.88. The van der Waals surface area contributed by atoms with E-state index in [0.717, 1.165) is 0 Å². The van der Waals surface area contributed by atoms with Crippen molar-refractivity contribution in [1.29, 1.82) is 0 Å². The van der Waals surface area contributed by atoms with Gasteiger partial charge in [-0.1, -0.05) is 92.9 Å². The summed E-state index contributed by atoms with van der Waals surface area (Å²) in [6, 6.07) is 24.7. The highest BCUT2D eigenvalue weighted by Gasteiger charge is 2.08. The first-order chi connectivity index (χ1) is 11.9. The predicted octanol–water partition coefficient (Wildman–Crippen LogP) is 7.27. The lowest BCUT2D eigenvalue weighted by Gasteiger charge is -2.11. The zero-order valence-corrected chi connectivity index (χ0v) is 14.4. The van der Waals surface area contributed by atoms with Crippen LogP contribution in [0.25, 0.3) is 32.3 Å². The molecule has 0 aromatic heterocycles. The lowest BCUT2D eigenvalue weighted by molar-refractivity contribution is 0.667. The summed E-state index contributed by atoms with van der Waals surface area (Å²) in [6.07, 6.45) is 6.48. The van der Waals surface area contributed by atoms with E-state index in [2.05, 4.69) is 73.7 Å². The molecule has 0 fully saturated rings. The van der Waals surface area contributed by atoms with E-state index in [4.69, 9.17) is 0 Å². The summed E-state index contributed by atoms with van der Waals surface area (Å²) in [5.41, 5.74) is 1.47. The van der Waals surface area contributed by atoms with Gasteiger partial charge in [0.05, 0.1) is 0 Å². The summed E-state index contributed by atoms with van der Waals surface area (Å²) in [4.78, 5) is 0. The van der Waals surface area contributed by atoms with Crippen molar-refractivity contribution in [3.8, 4) is 0 Å². The summed E-state index contributed by atoms with van der Waals surface area (Å²) in [7, 11) is 0. The van der Waals surface area contributed by atoms with Crippen molar-refractivity contribution < 1.29 is 0 Å². The second-order valence-corrected chi connectivity index (χ2v) is 6.78. The van der Waals surface area contributed by atoms with E-state index >= 15 is 0 Å². The van der Waals surface area contributed by atoms with Gasteiger partial charge in [0.25, 0.3) is 0 Å². The molecule has 120 valence electrons. The molecule has 4 rings (SSSR count). The van der Waals surface area contributed by atoms with Crippen LogP contribution in [0.2, 0.25) is 0 Å². The fraction of sp³-hybridized carbons (Fsp3) is 0.250. The van der Waals surface area contributed by atoms with Crippen molar-refractivity contribution in [3.05, 3.63) is 72.3 Å². The van der Waals surface area contributed by atoms with Gasteiger partial charge < -0.3 is 0 Å². The van der Waals surface area contributed by atoms with Gasteiger partial charge in [-0.25, -0.2) is 0 Å². The minimum absolute atomic E-state index is 1.19. The molecule has 0 heteroatoms. The number of hydrogen-bond donors (Lipinski definition) is 0. The first-order valence-corrected chi connectivity index (χ1v) is 9.20. The van der Waals surface area contributed by atoms with E-state index in [1.807, 2.05) is 0 Å². The molecule has 4 aromatic rings. The van der Waals surface area contributed by atoms with E-state index < -0.39 is 0 Å². The monoisotopic (exact) mass is 312 g/mol. The first-order valence-electron chi connectivity index (χ1n) is 9.20. The summed E-state index contributed by atoms with van der Waals surface area (Å²) in [5.74, 6) is 0. The average Bonchev–Trinajstić information content (AvgIpc) is 2.65.